The summed E-state index contributed by atoms with van der Waals surface area (Å²) in [4.78, 5) is 1.24. The van der Waals surface area contributed by atoms with E-state index >= 15 is 0 Å². The lowest BCUT2D eigenvalue weighted by atomic mass is 10.3. The van der Waals surface area contributed by atoms with Crippen LogP contribution < -0.4 is 10.5 Å². The summed E-state index contributed by atoms with van der Waals surface area (Å²) in [5.41, 5.74) is 5.45. The van der Waals surface area contributed by atoms with E-state index in [9.17, 15) is 0 Å². The molecule has 2 N–H and O–H groups in total. The van der Waals surface area contributed by atoms with Crippen LogP contribution in [0.4, 0.5) is 0 Å². The zero-order valence-corrected chi connectivity index (χ0v) is 8.80. The van der Waals surface area contributed by atoms with Gasteiger partial charge in [-0.25, -0.2) is 0 Å². The van der Waals surface area contributed by atoms with Crippen molar-refractivity contribution in [2.75, 3.05) is 12.8 Å². The van der Waals surface area contributed by atoms with Gasteiger partial charge in [-0.05, 0) is 37.4 Å². The predicted molar refractivity (Wildman–Crippen MR) is 57.4 cm³/mol. The molecule has 2 nitrogen and oxygen atoms in total. The Labute approximate surface area is 83.5 Å². The van der Waals surface area contributed by atoms with Crippen LogP contribution in [0.3, 0.4) is 0 Å². The minimum Gasteiger partial charge on any atom is -0.489 e. The van der Waals surface area contributed by atoms with E-state index in [0.717, 1.165) is 5.75 Å². The van der Waals surface area contributed by atoms with Gasteiger partial charge in [0.05, 0.1) is 0 Å². The van der Waals surface area contributed by atoms with Crippen molar-refractivity contribution in [3.8, 4) is 5.75 Å². The first-order chi connectivity index (χ1) is 6.26. The van der Waals surface area contributed by atoms with Crippen molar-refractivity contribution in [2.24, 2.45) is 5.73 Å². The number of ether oxygens (including phenoxy) is 1. The second-order valence-corrected chi connectivity index (χ2v) is 3.72. The Morgan fingerprint density at radius 3 is 2.46 bits per heavy atom. The first-order valence-electron chi connectivity index (χ1n) is 4.27. The fraction of sp³-hybridized carbons (Fsp3) is 0.400. The second-order valence-electron chi connectivity index (χ2n) is 2.84. The summed E-state index contributed by atoms with van der Waals surface area (Å²) in [5.74, 6) is 0.885. The van der Waals surface area contributed by atoms with Crippen LogP contribution in [0.2, 0.25) is 0 Å². The van der Waals surface area contributed by atoms with Crippen LogP contribution in [0.25, 0.3) is 0 Å². The zero-order chi connectivity index (χ0) is 9.68. The van der Waals surface area contributed by atoms with Crippen LogP contribution in [0.5, 0.6) is 5.75 Å². The van der Waals surface area contributed by atoms with E-state index in [0.29, 0.717) is 6.54 Å². The normalized spacial score (nSPS) is 12.5. The molecule has 0 aliphatic rings. The maximum atomic E-state index is 5.53. The summed E-state index contributed by atoms with van der Waals surface area (Å²) in [5, 5.41) is 0. The Kier molecular flexibility index (Phi) is 4.12. The van der Waals surface area contributed by atoms with E-state index in [4.69, 9.17) is 10.5 Å². The molecule has 0 aromatic heterocycles. The molecule has 1 unspecified atom stereocenters. The van der Waals surface area contributed by atoms with Gasteiger partial charge in [0.2, 0.25) is 0 Å². The Hall–Kier alpha value is -0.670. The van der Waals surface area contributed by atoms with Gasteiger partial charge in [0, 0.05) is 11.4 Å². The Morgan fingerprint density at radius 1 is 1.38 bits per heavy atom. The first-order valence-corrected chi connectivity index (χ1v) is 5.49. The van der Waals surface area contributed by atoms with Crippen molar-refractivity contribution >= 4 is 11.8 Å². The summed E-state index contributed by atoms with van der Waals surface area (Å²) >= 11 is 1.72. The third-order valence-corrected chi connectivity index (χ3v) is 2.47. The quantitative estimate of drug-likeness (QED) is 0.751. The molecule has 0 aliphatic carbocycles. The summed E-state index contributed by atoms with van der Waals surface area (Å²) in [6.45, 7) is 2.51. The van der Waals surface area contributed by atoms with Crippen LogP contribution in [-0.2, 0) is 0 Å². The van der Waals surface area contributed by atoms with Crippen molar-refractivity contribution in [1.29, 1.82) is 0 Å². The molecule has 1 atom stereocenters. The average molecular weight is 197 g/mol. The molecule has 0 saturated heterocycles. The molecule has 13 heavy (non-hydrogen) atoms. The fourth-order valence-electron chi connectivity index (χ4n) is 0.935. The number of benzene rings is 1. The number of thioether (sulfide) groups is 1. The van der Waals surface area contributed by atoms with Crippen molar-refractivity contribution < 1.29 is 4.74 Å². The molecule has 0 bridgehead atoms. The van der Waals surface area contributed by atoms with E-state index in [1.807, 2.05) is 31.2 Å². The standard InChI is InChI=1S/C10H15NOS/c1-8(7-11)12-9-3-5-10(13-2)6-4-9/h3-6,8H,7,11H2,1-2H3. The van der Waals surface area contributed by atoms with Crippen molar-refractivity contribution in [3.05, 3.63) is 24.3 Å². The third-order valence-electron chi connectivity index (χ3n) is 1.73. The smallest absolute Gasteiger partial charge is 0.119 e. The minimum atomic E-state index is 0.0835. The van der Waals surface area contributed by atoms with E-state index < -0.39 is 0 Å². The second kappa shape index (κ2) is 5.14. The Morgan fingerprint density at radius 2 is 2.00 bits per heavy atom. The van der Waals surface area contributed by atoms with E-state index in [1.165, 1.54) is 4.90 Å². The third kappa shape index (κ3) is 3.28. The Bertz CT molecular complexity index is 248. The average Bonchev–Trinajstić information content (AvgIpc) is 2.19. The minimum absolute atomic E-state index is 0.0835. The van der Waals surface area contributed by atoms with Crippen LogP contribution in [0.15, 0.2) is 29.2 Å². The highest BCUT2D eigenvalue weighted by Crippen LogP contribution is 2.19. The van der Waals surface area contributed by atoms with E-state index in [1.54, 1.807) is 11.8 Å². The molecule has 3 heteroatoms. The molecule has 0 spiro atoms. The highest BCUT2D eigenvalue weighted by Gasteiger charge is 2.00. The van der Waals surface area contributed by atoms with Crippen LogP contribution in [-0.4, -0.2) is 18.9 Å². The molecule has 0 amide bonds. The maximum absolute atomic E-state index is 5.53. The summed E-state index contributed by atoms with van der Waals surface area (Å²) < 4.78 is 5.53. The van der Waals surface area contributed by atoms with Gasteiger partial charge in [-0.2, -0.15) is 0 Å². The van der Waals surface area contributed by atoms with Crippen molar-refractivity contribution in [1.82, 2.24) is 0 Å². The number of hydrogen-bond donors (Lipinski definition) is 1. The van der Waals surface area contributed by atoms with Gasteiger partial charge >= 0.3 is 0 Å². The molecular weight excluding hydrogens is 182 g/mol. The lowest BCUT2D eigenvalue weighted by Crippen LogP contribution is -2.22. The fourth-order valence-corrected chi connectivity index (χ4v) is 1.34. The number of nitrogens with two attached hydrogens (primary N) is 1. The van der Waals surface area contributed by atoms with Gasteiger partial charge < -0.3 is 10.5 Å². The molecule has 0 heterocycles. The molecule has 0 saturated carbocycles. The Balaban J connectivity index is 2.58. The first kappa shape index (κ1) is 10.4. The topological polar surface area (TPSA) is 35.2 Å². The highest BCUT2D eigenvalue weighted by atomic mass is 32.2. The monoisotopic (exact) mass is 197 g/mol. The van der Waals surface area contributed by atoms with Crippen LogP contribution in [0.1, 0.15) is 6.92 Å². The summed E-state index contributed by atoms with van der Waals surface area (Å²) in [6.07, 6.45) is 2.14. The van der Waals surface area contributed by atoms with Crippen molar-refractivity contribution in [3.63, 3.8) is 0 Å². The zero-order valence-electron chi connectivity index (χ0n) is 7.99. The lowest BCUT2D eigenvalue weighted by Gasteiger charge is -2.12. The summed E-state index contributed by atoms with van der Waals surface area (Å²) in [6, 6.07) is 8.03. The highest BCUT2D eigenvalue weighted by molar-refractivity contribution is 7.98. The van der Waals surface area contributed by atoms with Gasteiger partial charge in [0.1, 0.15) is 11.9 Å². The van der Waals surface area contributed by atoms with Gasteiger partial charge in [-0.15, -0.1) is 11.8 Å². The summed E-state index contributed by atoms with van der Waals surface area (Å²) in [7, 11) is 0. The predicted octanol–water partition coefficient (Wildman–Crippen LogP) is 2.13. The molecule has 1 aromatic rings. The molecule has 0 fully saturated rings. The number of rotatable bonds is 4. The van der Waals surface area contributed by atoms with Gasteiger partial charge in [-0.1, -0.05) is 0 Å². The molecule has 1 rings (SSSR count). The maximum Gasteiger partial charge on any atom is 0.119 e. The molecule has 0 aliphatic heterocycles. The van der Waals surface area contributed by atoms with E-state index in [2.05, 4.69) is 6.26 Å². The number of hydrogen-bond acceptors (Lipinski definition) is 3. The van der Waals surface area contributed by atoms with Crippen molar-refractivity contribution in [2.45, 2.75) is 17.9 Å². The van der Waals surface area contributed by atoms with Gasteiger partial charge in [0.15, 0.2) is 0 Å². The van der Waals surface area contributed by atoms with Crippen LogP contribution >= 0.6 is 11.8 Å². The largest absolute Gasteiger partial charge is 0.489 e. The molecule has 1 aromatic carbocycles. The van der Waals surface area contributed by atoms with Gasteiger partial charge in [-0.3, -0.25) is 0 Å². The van der Waals surface area contributed by atoms with E-state index in [-0.39, 0.29) is 6.10 Å². The molecule has 72 valence electrons. The molecular formula is C10H15NOS. The molecule has 0 radical (unpaired) electrons. The lowest BCUT2D eigenvalue weighted by molar-refractivity contribution is 0.230. The SMILES string of the molecule is CSc1ccc(OC(C)CN)cc1. The van der Waals surface area contributed by atoms with Gasteiger partial charge in [0.25, 0.3) is 0 Å². The van der Waals surface area contributed by atoms with Crippen LogP contribution in [0, 0.1) is 0 Å².